The summed E-state index contributed by atoms with van der Waals surface area (Å²) in [6.45, 7) is 6.02. The topological polar surface area (TPSA) is 54.0 Å². The van der Waals surface area contributed by atoms with Crippen molar-refractivity contribution in [3.63, 3.8) is 0 Å². The van der Waals surface area contributed by atoms with Gasteiger partial charge in [0.2, 0.25) is 0 Å². The number of rotatable bonds is 5. The molecule has 2 N–H and O–H groups in total. The number of hydrogen-bond donors (Lipinski definition) is 2. The van der Waals surface area contributed by atoms with Crippen molar-refractivity contribution >= 4 is 33.2 Å². The maximum Gasteiger partial charge on any atom is 0.253 e. The summed E-state index contributed by atoms with van der Waals surface area (Å²) in [5.74, 6) is -0.168. The summed E-state index contributed by atoms with van der Waals surface area (Å²) >= 11 is 3.44. The first kappa shape index (κ1) is 15.3. The maximum absolute atomic E-state index is 11.9. The van der Waals surface area contributed by atoms with E-state index in [1.165, 1.54) is 6.20 Å². The number of anilines is 2. The van der Waals surface area contributed by atoms with Crippen LogP contribution in [0.5, 0.6) is 0 Å². The van der Waals surface area contributed by atoms with E-state index in [-0.39, 0.29) is 5.91 Å². The average Bonchev–Trinajstić information content (AvgIpc) is 2.48. The van der Waals surface area contributed by atoms with Crippen molar-refractivity contribution in [1.82, 2.24) is 10.3 Å². The van der Waals surface area contributed by atoms with Crippen molar-refractivity contribution in [3.05, 3.63) is 64.9 Å². The van der Waals surface area contributed by atoms with E-state index in [9.17, 15) is 4.79 Å². The first-order valence-electron chi connectivity index (χ1n) is 6.47. The fraction of sp³-hybridized carbons (Fsp3) is 0.125. The normalized spacial score (nSPS) is 10.0. The lowest BCUT2D eigenvalue weighted by molar-refractivity contribution is 0.0957. The van der Waals surface area contributed by atoms with Gasteiger partial charge in [-0.15, -0.1) is 6.58 Å². The summed E-state index contributed by atoms with van der Waals surface area (Å²) in [5.41, 5.74) is 3.36. The number of amides is 1. The zero-order chi connectivity index (χ0) is 15.2. The Morgan fingerprint density at radius 2 is 2.19 bits per heavy atom. The van der Waals surface area contributed by atoms with Crippen LogP contribution in [-0.4, -0.2) is 17.4 Å². The minimum atomic E-state index is -0.168. The second kappa shape index (κ2) is 7.04. The molecule has 4 nitrogen and oxygen atoms in total. The molecule has 0 aliphatic carbocycles. The number of aromatic nitrogens is 1. The van der Waals surface area contributed by atoms with Gasteiger partial charge >= 0.3 is 0 Å². The van der Waals surface area contributed by atoms with Gasteiger partial charge in [-0.25, -0.2) is 0 Å². The standard InChI is InChI=1S/C16H16BrN3O/c1-3-6-19-16(21)12-8-14(10-18-9-12)20-15-5-4-13(17)7-11(15)2/h3-5,7-10,20H,1,6H2,2H3,(H,19,21). The number of nitrogens with one attached hydrogen (secondary N) is 2. The summed E-state index contributed by atoms with van der Waals surface area (Å²) in [6, 6.07) is 7.73. The van der Waals surface area contributed by atoms with Gasteiger partial charge in [0.25, 0.3) is 5.91 Å². The van der Waals surface area contributed by atoms with Gasteiger partial charge in [-0.1, -0.05) is 22.0 Å². The van der Waals surface area contributed by atoms with Crippen LogP contribution in [0.1, 0.15) is 15.9 Å². The zero-order valence-electron chi connectivity index (χ0n) is 11.7. The van der Waals surface area contributed by atoms with Gasteiger partial charge in [-0.05, 0) is 36.8 Å². The number of halogens is 1. The molecule has 1 heterocycles. The Balaban J connectivity index is 2.17. The van der Waals surface area contributed by atoms with Crippen LogP contribution in [0.2, 0.25) is 0 Å². The molecule has 0 aliphatic rings. The molecule has 0 saturated carbocycles. The molecule has 2 rings (SSSR count). The van der Waals surface area contributed by atoms with Gasteiger partial charge in [0.05, 0.1) is 17.4 Å². The Morgan fingerprint density at radius 3 is 2.90 bits per heavy atom. The van der Waals surface area contributed by atoms with Gasteiger partial charge in [-0.2, -0.15) is 0 Å². The molecule has 0 fully saturated rings. The first-order chi connectivity index (χ1) is 10.1. The highest BCUT2D eigenvalue weighted by molar-refractivity contribution is 9.10. The van der Waals surface area contributed by atoms with Crippen molar-refractivity contribution in [1.29, 1.82) is 0 Å². The number of carbonyl (C=O) groups excluding carboxylic acids is 1. The summed E-state index contributed by atoms with van der Waals surface area (Å²) < 4.78 is 1.03. The summed E-state index contributed by atoms with van der Waals surface area (Å²) in [5, 5.41) is 5.99. The third kappa shape index (κ3) is 4.16. The Hall–Kier alpha value is -2.14. The largest absolute Gasteiger partial charge is 0.354 e. The molecule has 0 unspecified atom stereocenters. The van der Waals surface area contributed by atoms with E-state index in [2.05, 4.69) is 38.1 Å². The maximum atomic E-state index is 11.9. The summed E-state index contributed by atoms with van der Waals surface area (Å²) in [6.07, 6.45) is 4.86. The van der Waals surface area contributed by atoms with Crippen molar-refractivity contribution in [2.75, 3.05) is 11.9 Å². The molecule has 0 atom stereocenters. The molecular formula is C16H16BrN3O. The minimum absolute atomic E-state index is 0.168. The van der Waals surface area contributed by atoms with Crippen LogP contribution in [0.3, 0.4) is 0 Å². The van der Waals surface area contributed by atoms with E-state index in [4.69, 9.17) is 0 Å². The Morgan fingerprint density at radius 1 is 1.38 bits per heavy atom. The van der Waals surface area contributed by atoms with Crippen LogP contribution in [0, 0.1) is 6.92 Å². The third-order valence-electron chi connectivity index (χ3n) is 2.87. The number of nitrogens with zero attached hydrogens (tertiary/aromatic N) is 1. The molecule has 0 bridgehead atoms. The van der Waals surface area contributed by atoms with Crippen LogP contribution in [-0.2, 0) is 0 Å². The molecule has 0 radical (unpaired) electrons. The molecule has 5 heteroatoms. The second-order valence-electron chi connectivity index (χ2n) is 4.55. The highest BCUT2D eigenvalue weighted by Gasteiger charge is 2.06. The number of hydrogen-bond acceptors (Lipinski definition) is 3. The molecule has 0 saturated heterocycles. The van der Waals surface area contributed by atoms with E-state index in [1.807, 2.05) is 25.1 Å². The molecule has 0 spiro atoms. The van der Waals surface area contributed by atoms with Crippen LogP contribution in [0.25, 0.3) is 0 Å². The van der Waals surface area contributed by atoms with Crippen molar-refractivity contribution in [2.24, 2.45) is 0 Å². The third-order valence-corrected chi connectivity index (χ3v) is 3.37. The van der Waals surface area contributed by atoms with Gasteiger partial charge in [0, 0.05) is 22.9 Å². The Kier molecular flexibility index (Phi) is 5.11. The fourth-order valence-corrected chi connectivity index (χ4v) is 2.30. The lowest BCUT2D eigenvalue weighted by Gasteiger charge is -2.10. The van der Waals surface area contributed by atoms with E-state index in [0.717, 1.165) is 21.4 Å². The smallest absolute Gasteiger partial charge is 0.253 e. The summed E-state index contributed by atoms with van der Waals surface area (Å²) in [7, 11) is 0. The molecule has 0 aliphatic heterocycles. The molecule has 21 heavy (non-hydrogen) atoms. The van der Waals surface area contributed by atoms with Crippen molar-refractivity contribution < 1.29 is 4.79 Å². The van der Waals surface area contributed by atoms with Crippen LogP contribution in [0.4, 0.5) is 11.4 Å². The number of aryl methyl sites for hydroxylation is 1. The van der Waals surface area contributed by atoms with E-state index in [0.29, 0.717) is 12.1 Å². The van der Waals surface area contributed by atoms with E-state index < -0.39 is 0 Å². The van der Waals surface area contributed by atoms with Crippen LogP contribution >= 0.6 is 15.9 Å². The quantitative estimate of drug-likeness (QED) is 0.810. The molecular weight excluding hydrogens is 330 g/mol. The lowest BCUT2D eigenvalue weighted by atomic mass is 10.2. The second-order valence-corrected chi connectivity index (χ2v) is 5.46. The highest BCUT2D eigenvalue weighted by atomic mass is 79.9. The van der Waals surface area contributed by atoms with Gasteiger partial charge < -0.3 is 10.6 Å². The number of pyridine rings is 1. The predicted octanol–water partition coefficient (Wildman–Crippen LogP) is 3.81. The van der Waals surface area contributed by atoms with E-state index in [1.54, 1.807) is 18.3 Å². The van der Waals surface area contributed by atoms with Crippen molar-refractivity contribution in [3.8, 4) is 0 Å². The lowest BCUT2D eigenvalue weighted by Crippen LogP contribution is -2.23. The van der Waals surface area contributed by atoms with Crippen molar-refractivity contribution in [2.45, 2.75) is 6.92 Å². The number of carbonyl (C=O) groups is 1. The molecule has 1 aromatic heterocycles. The average molecular weight is 346 g/mol. The SMILES string of the molecule is C=CCNC(=O)c1cncc(Nc2ccc(Br)cc2C)c1. The predicted molar refractivity (Wildman–Crippen MR) is 88.9 cm³/mol. The zero-order valence-corrected chi connectivity index (χ0v) is 13.3. The molecule has 1 aromatic carbocycles. The van der Waals surface area contributed by atoms with Crippen LogP contribution in [0.15, 0.2) is 53.8 Å². The number of benzene rings is 1. The minimum Gasteiger partial charge on any atom is -0.354 e. The monoisotopic (exact) mass is 345 g/mol. The van der Waals surface area contributed by atoms with Gasteiger partial charge in [0.15, 0.2) is 0 Å². The van der Waals surface area contributed by atoms with Gasteiger partial charge in [-0.3, -0.25) is 9.78 Å². The van der Waals surface area contributed by atoms with E-state index >= 15 is 0 Å². The highest BCUT2D eigenvalue weighted by Crippen LogP contribution is 2.23. The molecule has 1 amide bonds. The van der Waals surface area contributed by atoms with Gasteiger partial charge in [0.1, 0.15) is 0 Å². The molecule has 108 valence electrons. The molecule has 2 aromatic rings. The Bertz CT molecular complexity index is 670. The summed E-state index contributed by atoms with van der Waals surface area (Å²) in [4.78, 5) is 16.0. The Labute approximate surface area is 132 Å². The first-order valence-corrected chi connectivity index (χ1v) is 7.27. The van der Waals surface area contributed by atoms with Crippen LogP contribution < -0.4 is 10.6 Å². The fourth-order valence-electron chi connectivity index (χ4n) is 1.82.